The Morgan fingerprint density at radius 3 is 2.53 bits per heavy atom. The molecular weight excluding hydrogens is 240 g/mol. The maximum absolute atomic E-state index is 12.0. The minimum Gasteiger partial charge on any atom is -0.361 e. The lowest BCUT2D eigenvalue weighted by molar-refractivity contribution is 0.0930. The lowest BCUT2D eigenvalue weighted by Gasteiger charge is -2.14. The molecule has 2 rings (SSSR count). The molecular formula is C15H18N2O2. The van der Waals surface area contributed by atoms with Gasteiger partial charge in [0.05, 0.1) is 6.04 Å². The predicted molar refractivity (Wildman–Crippen MR) is 73.0 cm³/mol. The van der Waals surface area contributed by atoms with Gasteiger partial charge in [-0.1, -0.05) is 23.4 Å². The second kappa shape index (κ2) is 5.26. The summed E-state index contributed by atoms with van der Waals surface area (Å²) in [4.78, 5) is 12.0. The second-order valence-corrected chi connectivity index (χ2v) is 4.86. The van der Waals surface area contributed by atoms with Gasteiger partial charge in [-0.25, -0.2) is 0 Å². The summed E-state index contributed by atoms with van der Waals surface area (Å²) < 4.78 is 4.90. The largest absolute Gasteiger partial charge is 0.361 e. The van der Waals surface area contributed by atoms with Gasteiger partial charge < -0.3 is 9.84 Å². The number of rotatable bonds is 3. The van der Waals surface area contributed by atoms with E-state index in [4.69, 9.17) is 4.52 Å². The van der Waals surface area contributed by atoms with E-state index in [2.05, 4.69) is 36.5 Å². The first-order valence-electron chi connectivity index (χ1n) is 6.28. The molecule has 0 unspecified atom stereocenters. The first-order chi connectivity index (χ1) is 8.97. The van der Waals surface area contributed by atoms with Gasteiger partial charge in [0, 0.05) is 6.07 Å². The van der Waals surface area contributed by atoms with Gasteiger partial charge in [0.15, 0.2) is 5.69 Å². The number of amides is 1. The normalized spacial score (nSPS) is 12.2. The van der Waals surface area contributed by atoms with E-state index < -0.39 is 0 Å². The number of nitrogens with one attached hydrogen (secondary N) is 1. The SMILES string of the molecule is Cc1cc(C(=O)N[C@@H](C)c2ccc(C)c(C)c2)no1. The Kier molecular flexibility index (Phi) is 3.69. The number of carbonyl (C=O) groups excluding carboxylic acids is 1. The molecule has 4 nitrogen and oxygen atoms in total. The number of hydrogen-bond acceptors (Lipinski definition) is 3. The number of carbonyl (C=O) groups is 1. The van der Waals surface area contributed by atoms with Gasteiger partial charge in [0.1, 0.15) is 5.76 Å². The molecule has 0 bridgehead atoms. The molecule has 0 aliphatic heterocycles. The summed E-state index contributed by atoms with van der Waals surface area (Å²) >= 11 is 0. The molecule has 0 saturated heterocycles. The molecule has 1 aromatic heterocycles. The van der Waals surface area contributed by atoms with Gasteiger partial charge >= 0.3 is 0 Å². The third kappa shape index (κ3) is 3.02. The van der Waals surface area contributed by atoms with E-state index in [0.717, 1.165) is 5.56 Å². The van der Waals surface area contributed by atoms with Crippen LogP contribution in [0.25, 0.3) is 0 Å². The summed E-state index contributed by atoms with van der Waals surface area (Å²) in [5.41, 5.74) is 3.86. The van der Waals surface area contributed by atoms with E-state index in [0.29, 0.717) is 11.5 Å². The molecule has 100 valence electrons. The van der Waals surface area contributed by atoms with E-state index in [1.807, 2.05) is 13.0 Å². The van der Waals surface area contributed by atoms with Crippen molar-refractivity contribution in [1.29, 1.82) is 0 Å². The fraction of sp³-hybridized carbons (Fsp3) is 0.333. The van der Waals surface area contributed by atoms with Gasteiger partial charge in [-0.15, -0.1) is 0 Å². The monoisotopic (exact) mass is 258 g/mol. The molecule has 1 aromatic carbocycles. The smallest absolute Gasteiger partial charge is 0.273 e. The Morgan fingerprint density at radius 1 is 1.21 bits per heavy atom. The van der Waals surface area contributed by atoms with Crippen molar-refractivity contribution >= 4 is 5.91 Å². The Hall–Kier alpha value is -2.10. The molecule has 4 heteroatoms. The standard InChI is InChI=1S/C15H18N2O2/c1-9-5-6-13(7-10(9)2)12(4)16-15(18)14-8-11(3)19-17-14/h5-8,12H,1-4H3,(H,16,18)/t12-/m0/s1. The molecule has 0 radical (unpaired) electrons. The number of nitrogens with zero attached hydrogens (tertiary/aromatic N) is 1. The Balaban J connectivity index is 2.10. The van der Waals surface area contributed by atoms with Gasteiger partial charge in [-0.2, -0.15) is 0 Å². The maximum Gasteiger partial charge on any atom is 0.273 e. The highest BCUT2D eigenvalue weighted by molar-refractivity contribution is 5.92. The average Bonchev–Trinajstić information content (AvgIpc) is 2.79. The van der Waals surface area contributed by atoms with Crippen molar-refractivity contribution in [2.75, 3.05) is 0 Å². The molecule has 1 atom stereocenters. The van der Waals surface area contributed by atoms with Crippen LogP contribution < -0.4 is 5.32 Å². The maximum atomic E-state index is 12.0. The number of hydrogen-bond donors (Lipinski definition) is 1. The molecule has 19 heavy (non-hydrogen) atoms. The number of aromatic nitrogens is 1. The van der Waals surface area contributed by atoms with Crippen LogP contribution in [0.2, 0.25) is 0 Å². The Morgan fingerprint density at radius 2 is 1.95 bits per heavy atom. The van der Waals surface area contributed by atoms with Crippen molar-refractivity contribution in [3.8, 4) is 0 Å². The molecule has 0 aliphatic rings. The van der Waals surface area contributed by atoms with E-state index >= 15 is 0 Å². The van der Waals surface area contributed by atoms with Gasteiger partial charge in [0.25, 0.3) is 5.91 Å². The average molecular weight is 258 g/mol. The van der Waals surface area contributed by atoms with Crippen LogP contribution in [0.1, 0.15) is 45.9 Å². The van der Waals surface area contributed by atoms with Crippen LogP contribution in [-0.4, -0.2) is 11.1 Å². The van der Waals surface area contributed by atoms with Crippen LogP contribution in [0.15, 0.2) is 28.8 Å². The molecule has 1 heterocycles. The van der Waals surface area contributed by atoms with E-state index in [1.165, 1.54) is 11.1 Å². The fourth-order valence-corrected chi connectivity index (χ4v) is 1.86. The van der Waals surface area contributed by atoms with E-state index in [9.17, 15) is 4.79 Å². The highest BCUT2D eigenvalue weighted by Gasteiger charge is 2.15. The van der Waals surface area contributed by atoms with Crippen LogP contribution in [-0.2, 0) is 0 Å². The van der Waals surface area contributed by atoms with Gasteiger partial charge in [0.2, 0.25) is 0 Å². The number of benzene rings is 1. The van der Waals surface area contributed by atoms with Crippen LogP contribution >= 0.6 is 0 Å². The van der Waals surface area contributed by atoms with Gasteiger partial charge in [-0.3, -0.25) is 4.79 Å². The second-order valence-electron chi connectivity index (χ2n) is 4.86. The zero-order valence-electron chi connectivity index (χ0n) is 11.7. The Bertz CT molecular complexity index is 602. The molecule has 0 aliphatic carbocycles. The van der Waals surface area contributed by atoms with E-state index in [1.54, 1.807) is 13.0 Å². The first kappa shape index (κ1) is 13.3. The van der Waals surface area contributed by atoms with Crippen molar-refractivity contribution in [2.45, 2.75) is 33.7 Å². The summed E-state index contributed by atoms with van der Waals surface area (Å²) in [6.45, 7) is 7.85. The van der Waals surface area contributed by atoms with Crippen LogP contribution in [0.4, 0.5) is 0 Å². The minimum atomic E-state index is -0.220. The lowest BCUT2D eigenvalue weighted by Crippen LogP contribution is -2.26. The van der Waals surface area contributed by atoms with Crippen LogP contribution in [0, 0.1) is 20.8 Å². The molecule has 0 spiro atoms. The van der Waals surface area contributed by atoms with Crippen molar-refractivity contribution in [1.82, 2.24) is 10.5 Å². The Labute approximate surface area is 112 Å². The quantitative estimate of drug-likeness (QED) is 0.920. The summed E-state index contributed by atoms with van der Waals surface area (Å²) in [6, 6.07) is 7.75. The van der Waals surface area contributed by atoms with Crippen molar-refractivity contribution in [2.24, 2.45) is 0 Å². The van der Waals surface area contributed by atoms with Crippen LogP contribution in [0.5, 0.6) is 0 Å². The molecule has 0 saturated carbocycles. The summed E-state index contributed by atoms with van der Waals surface area (Å²) in [6.07, 6.45) is 0. The zero-order chi connectivity index (χ0) is 14.0. The minimum absolute atomic E-state index is 0.0659. The van der Waals surface area contributed by atoms with Crippen molar-refractivity contribution < 1.29 is 9.32 Å². The van der Waals surface area contributed by atoms with Gasteiger partial charge in [-0.05, 0) is 44.4 Å². The van der Waals surface area contributed by atoms with Crippen molar-refractivity contribution in [3.05, 3.63) is 52.4 Å². The molecule has 1 amide bonds. The summed E-state index contributed by atoms with van der Waals surface area (Å²) in [7, 11) is 0. The molecule has 2 aromatic rings. The first-order valence-corrected chi connectivity index (χ1v) is 6.28. The highest BCUT2D eigenvalue weighted by Crippen LogP contribution is 2.17. The molecule has 0 fully saturated rings. The van der Waals surface area contributed by atoms with Crippen LogP contribution in [0.3, 0.4) is 0 Å². The number of aryl methyl sites for hydroxylation is 3. The molecule has 1 N–H and O–H groups in total. The third-order valence-corrected chi connectivity index (χ3v) is 3.24. The highest BCUT2D eigenvalue weighted by atomic mass is 16.5. The zero-order valence-corrected chi connectivity index (χ0v) is 11.7. The summed E-state index contributed by atoms with van der Waals surface area (Å²) in [5, 5.41) is 6.62. The lowest BCUT2D eigenvalue weighted by atomic mass is 10.0. The predicted octanol–water partition coefficient (Wildman–Crippen LogP) is 3.09. The third-order valence-electron chi connectivity index (χ3n) is 3.24. The van der Waals surface area contributed by atoms with E-state index in [-0.39, 0.29) is 11.9 Å². The fourth-order valence-electron chi connectivity index (χ4n) is 1.86. The summed E-state index contributed by atoms with van der Waals surface area (Å²) in [5.74, 6) is 0.409. The topological polar surface area (TPSA) is 55.1 Å². The van der Waals surface area contributed by atoms with Crippen molar-refractivity contribution in [3.63, 3.8) is 0 Å².